The Bertz CT molecular complexity index is 594. The van der Waals surface area contributed by atoms with Gasteiger partial charge in [0.25, 0.3) is 5.91 Å². The first-order valence-electron chi connectivity index (χ1n) is 8.58. The summed E-state index contributed by atoms with van der Waals surface area (Å²) in [6.07, 6.45) is 5.78. The maximum atomic E-state index is 12.1. The number of carbonyl (C=O) groups excluding carboxylic acids is 1. The summed E-state index contributed by atoms with van der Waals surface area (Å²) in [7, 11) is 3.36. The van der Waals surface area contributed by atoms with Crippen molar-refractivity contribution in [3.8, 4) is 5.75 Å². The fourth-order valence-electron chi connectivity index (χ4n) is 2.90. The number of amides is 1. The Labute approximate surface area is 154 Å². The van der Waals surface area contributed by atoms with Crippen LogP contribution in [-0.4, -0.2) is 56.7 Å². The standard InChI is InChI=1S/C18H28N4O2S/c1-19-18(22-14-7-8-16(12-14)25-3)21-10-9-20-17(23)13-5-4-6-15(11-13)24-2/h4-6,11,14,16H,7-10,12H2,1-3H3,(H,20,23)(H2,19,21,22). The molecule has 1 aromatic carbocycles. The number of guanidine groups is 1. The number of thioether (sulfide) groups is 1. The molecular weight excluding hydrogens is 336 g/mol. The molecule has 2 unspecified atom stereocenters. The first-order valence-corrected chi connectivity index (χ1v) is 9.87. The molecule has 0 saturated heterocycles. The number of ether oxygens (including phenoxy) is 1. The lowest BCUT2D eigenvalue weighted by Gasteiger charge is -2.17. The summed E-state index contributed by atoms with van der Waals surface area (Å²) in [4.78, 5) is 16.4. The summed E-state index contributed by atoms with van der Waals surface area (Å²) in [6, 6.07) is 7.61. The van der Waals surface area contributed by atoms with Gasteiger partial charge in [-0.2, -0.15) is 11.8 Å². The zero-order valence-corrected chi connectivity index (χ0v) is 16.0. The van der Waals surface area contributed by atoms with Gasteiger partial charge in [-0.1, -0.05) is 6.07 Å². The van der Waals surface area contributed by atoms with E-state index in [1.165, 1.54) is 19.3 Å². The Hall–Kier alpha value is -1.89. The van der Waals surface area contributed by atoms with Gasteiger partial charge in [-0.05, 0) is 43.7 Å². The van der Waals surface area contributed by atoms with Gasteiger partial charge in [-0.25, -0.2) is 0 Å². The summed E-state index contributed by atoms with van der Waals surface area (Å²) in [5.74, 6) is 1.36. The van der Waals surface area contributed by atoms with Crippen molar-refractivity contribution in [2.24, 2.45) is 4.99 Å². The van der Waals surface area contributed by atoms with Gasteiger partial charge in [0.2, 0.25) is 0 Å². The molecule has 2 rings (SSSR count). The molecule has 1 aliphatic rings. The van der Waals surface area contributed by atoms with E-state index >= 15 is 0 Å². The van der Waals surface area contributed by atoms with Gasteiger partial charge in [0, 0.05) is 37.0 Å². The van der Waals surface area contributed by atoms with Crippen LogP contribution in [0.4, 0.5) is 0 Å². The van der Waals surface area contributed by atoms with Crippen LogP contribution < -0.4 is 20.7 Å². The van der Waals surface area contributed by atoms with E-state index in [1.807, 2.05) is 17.8 Å². The van der Waals surface area contributed by atoms with E-state index in [0.29, 0.717) is 30.4 Å². The lowest BCUT2D eigenvalue weighted by Crippen LogP contribution is -2.45. The number of nitrogens with one attached hydrogen (secondary N) is 3. The first-order chi connectivity index (χ1) is 12.2. The Morgan fingerprint density at radius 3 is 2.80 bits per heavy atom. The van der Waals surface area contributed by atoms with E-state index in [2.05, 4.69) is 27.2 Å². The fraction of sp³-hybridized carbons (Fsp3) is 0.556. The highest BCUT2D eigenvalue weighted by Crippen LogP contribution is 2.27. The molecule has 1 aromatic rings. The van der Waals surface area contributed by atoms with E-state index in [-0.39, 0.29) is 5.91 Å². The van der Waals surface area contributed by atoms with Crippen LogP contribution in [0.1, 0.15) is 29.6 Å². The van der Waals surface area contributed by atoms with Crippen molar-refractivity contribution in [2.45, 2.75) is 30.6 Å². The van der Waals surface area contributed by atoms with E-state index < -0.39 is 0 Å². The third-order valence-electron chi connectivity index (χ3n) is 4.32. The van der Waals surface area contributed by atoms with E-state index in [9.17, 15) is 4.79 Å². The molecule has 6 nitrogen and oxygen atoms in total. The van der Waals surface area contributed by atoms with E-state index in [1.54, 1.807) is 32.4 Å². The smallest absolute Gasteiger partial charge is 0.251 e. The highest BCUT2D eigenvalue weighted by atomic mass is 32.2. The molecule has 1 aliphatic carbocycles. The van der Waals surface area contributed by atoms with Gasteiger partial charge in [0.1, 0.15) is 5.75 Å². The minimum absolute atomic E-state index is 0.109. The van der Waals surface area contributed by atoms with Gasteiger partial charge in [-0.15, -0.1) is 0 Å². The maximum Gasteiger partial charge on any atom is 0.251 e. The van der Waals surface area contributed by atoms with Crippen molar-refractivity contribution in [3.63, 3.8) is 0 Å². The third-order valence-corrected chi connectivity index (χ3v) is 5.41. The number of rotatable bonds is 7. The van der Waals surface area contributed by atoms with Crippen molar-refractivity contribution in [2.75, 3.05) is 33.5 Å². The van der Waals surface area contributed by atoms with Crippen LogP contribution in [0.15, 0.2) is 29.3 Å². The molecule has 138 valence electrons. The number of hydrogen-bond donors (Lipinski definition) is 3. The van der Waals surface area contributed by atoms with Gasteiger partial charge >= 0.3 is 0 Å². The molecule has 1 amide bonds. The van der Waals surface area contributed by atoms with Crippen molar-refractivity contribution >= 4 is 23.6 Å². The molecule has 0 aromatic heterocycles. The molecule has 3 N–H and O–H groups in total. The summed E-state index contributed by atoms with van der Waals surface area (Å²) >= 11 is 1.94. The van der Waals surface area contributed by atoms with Crippen LogP contribution >= 0.6 is 11.8 Å². The quantitative estimate of drug-likeness (QED) is 0.391. The van der Waals surface area contributed by atoms with Crippen molar-refractivity contribution in [1.82, 2.24) is 16.0 Å². The average Bonchev–Trinajstić information content (AvgIpc) is 3.11. The predicted molar refractivity (Wildman–Crippen MR) is 105 cm³/mol. The van der Waals surface area contributed by atoms with Crippen LogP contribution in [0.5, 0.6) is 5.75 Å². The number of nitrogens with zero attached hydrogens (tertiary/aromatic N) is 1. The van der Waals surface area contributed by atoms with Gasteiger partial charge in [0.15, 0.2) is 5.96 Å². The fourth-order valence-corrected chi connectivity index (χ4v) is 3.69. The van der Waals surface area contributed by atoms with Gasteiger partial charge in [0.05, 0.1) is 7.11 Å². The lowest BCUT2D eigenvalue weighted by molar-refractivity contribution is 0.0954. The SMILES string of the molecule is CN=C(NCCNC(=O)c1cccc(OC)c1)NC1CCC(SC)C1. The van der Waals surface area contributed by atoms with Crippen LogP contribution in [-0.2, 0) is 0 Å². The molecule has 2 atom stereocenters. The monoisotopic (exact) mass is 364 g/mol. The lowest BCUT2D eigenvalue weighted by atomic mass is 10.2. The van der Waals surface area contributed by atoms with Gasteiger partial charge in [-0.3, -0.25) is 9.79 Å². The minimum Gasteiger partial charge on any atom is -0.497 e. The molecule has 0 radical (unpaired) electrons. The van der Waals surface area contributed by atoms with Crippen molar-refractivity contribution in [1.29, 1.82) is 0 Å². The summed E-state index contributed by atoms with van der Waals surface area (Å²) in [5, 5.41) is 10.4. The highest BCUT2D eigenvalue weighted by molar-refractivity contribution is 7.99. The van der Waals surface area contributed by atoms with Crippen LogP contribution in [0, 0.1) is 0 Å². The summed E-state index contributed by atoms with van der Waals surface area (Å²) in [6.45, 7) is 1.14. The van der Waals surface area contributed by atoms with Crippen LogP contribution in [0.3, 0.4) is 0 Å². The number of benzene rings is 1. The van der Waals surface area contributed by atoms with Crippen molar-refractivity contribution in [3.05, 3.63) is 29.8 Å². The molecule has 1 fully saturated rings. The second-order valence-corrected chi connectivity index (χ2v) is 7.14. The van der Waals surface area contributed by atoms with E-state index in [0.717, 1.165) is 11.2 Å². The number of aliphatic imine (C=N–C) groups is 1. The highest BCUT2D eigenvalue weighted by Gasteiger charge is 2.24. The normalized spacial score (nSPS) is 20.2. The molecule has 7 heteroatoms. The third kappa shape index (κ3) is 6.16. The first kappa shape index (κ1) is 19.4. The summed E-state index contributed by atoms with van der Waals surface area (Å²) in [5.41, 5.74) is 0.593. The predicted octanol–water partition coefficient (Wildman–Crippen LogP) is 1.87. The molecule has 0 bridgehead atoms. The van der Waals surface area contributed by atoms with Gasteiger partial charge < -0.3 is 20.7 Å². The molecule has 25 heavy (non-hydrogen) atoms. The number of methoxy groups -OCH3 is 1. The number of carbonyl (C=O) groups is 1. The Morgan fingerprint density at radius 2 is 2.12 bits per heavy atom. The Kier molecular flexibility index (Phi) is 7.91. The molecule has 0 heterocycles. The van der Waals surface area contributed by atoms with Crippen molar-refractivity contribution < 1.29 is 9.53 Å². The van der Waals surface area contributed by atoms with Crippen LogP contribution in [0.25, 0.3) is 0 Å². The second-order valence-electron chi connectivity index (χ2n) is 6.00. The maximum absolute atomic E-state index is 12.1. The second kappa shape index (κ2) is 10.2. The summed E-state index contributed by atoms with van der Waals surface area (Å²) < 4.78 is 5.14. The Morgan fingerprint density at radius 1 is 1.32 bits per heavy atom. The molecule has 0 spiro atoms. The molecule has 0 aliphatic heterocycles. The zero-order valence-electron chi connectivity index (χ0n) is 15.2. The minimum atomic E-state index is -0.109. The van der Waals surface area contributed by atoms with E-state index in [4.69, 9.17) is 4.74 Å². The average molecular weight is 365 g/mol. The topological polar surface area (TPSA) is 74.8 Å². The number of hydrogen-bond acceptors (Lipinski definition) is 4. The molecule has 1 saturated carbocycles. The molecular formula is C18H28N4O2S. The Balaban J connectivity index is 1.69. The largest absolute Gasteiger partial charge is 0.497 e. The zero-order chi connectivity index (χ0) is 18.1. The van der Waals surface area contributed by atoms with Crippen LogP contribution in [0.2, 0.25) is 0 Å².